The summed E-state index contributed by atoms with van der Waals surface area (Å²) in [7, 11) is 0. The first-order valence-corrected chi connectivity index (χ1v) is 5.75. The first-order chi connectivity index (χ1) is 8.58. The number of carboxylic acids is 1. The summed E-state index contributed by atoms with van der Waals surface area (Å²) in [4.78, 5) is 11.1. The van der Waals surface area contributed by atoms with Crippen molar-refractivity contribution in [1.82, 2.24) is 0 Å². The molecule has 94 valence electrons. The van der Waals surface area contributed by atoms with Gasteiger partial charge in [0.15, 0.2) is 0 Å². The number of nitrogens with one attached hydrogen (secondary N) is 1. The lowest BCUT2D eigenvalue weighted by Crippen LogP contribution is -2.06. The highest BCUT2D eigenvalue weighted by atomic mass is 35.5. The van der Waals surface area contributed by atoms with Gasteiger partial charge in [0, 0.05) is 5.02 Å². The van der Waals surface area contributed by atoms with Crippen LogP contribution in [0.5, 0.6) is 0 Å². The zero-order valence-electron chi connectivity index (χ0n) is 9.74. The van der Waals surface area contributed by atoms with Gasteiger partial charge in [-0.3, -0.25) is 0 Å². The molecule has 0 radical (unpaired) electrons. The summed E-state index contributed by atoms with van der Waals surface area (Å²) in [6, 6.07) is 6.75. The Morgan fingerprint density at radius 1 is 1.50 bits per heavy atom. The Bertz CT molecular complexity index is 564. The highest BCUT2D eigenvalue weighted by Gasteiger charge is 2.12. The molecule has 0 aliphatic heterocycles. The van der Waals surface area contributed by atoms with Gasteiger partial charge in [-0.05, 0) is 36.8 Å². The predicted octanol–water partition coefficient (Wildman–Crippen LogP) is 3.55. The normalized spacial score (nSPS) is 10.3. The lowest BCUT2D eigenvalue weighted by atomic mass is 10.1. The zero-order chi connectivity index (χ0) is 13.1. The van der Waals surface area contributed by atoms with Gasteiger partial charge >= 0.3 is 5.97 Å². The Morgan fingerprint density at radius 3 is 2.89 bits per heavy atom. The summed E-state index contributed by atoms with van der Waals surface area (Å²) in [5.74, 6) is -0.264. The van der Waals surface area contributed by atoms with Gasteiger partial charge in [0.2, 0.25) is 0 Å². The Labute approximate surface area is 109 Å². The van der Waals surface area contributed by atoms with Crippen molar-refractivity contribution >= 4 is 23.3 Å². The molecule has 2 rings (SSSR count). The molecule has 4 nitrogen and oxygen atoms in total. The van der Waals surface area contributed by atoms with Crippen molar-refractivity contribution in [3.05, 3.63) is 52.4 Å². The molecule has 1 aromatic heterocycles. The Balaban J connectivity index is 2.25. The first-order valence-electron chi connectivity index (χ1n) is 5.37. The van der Waals surface area contributed by atoms with E-state index in [2.05, 4.69) is 5.32 Å². The van der Waals surface area contributed by atoms with Gasteiger partial charge in [-0.2, -0.15) is 0 Å². The van der Waals surface area contributed by atoms with E-state index in [0.717, 1.165) is 11.3 Å². The van der Waals surface area contributed by atoms with E-state index in [-0.39, 0.29) is 5.56 Å². The Hall–Kier alpha value is -1.94. The highest BCUT2D eigenvalue weighted by molar-refractivity contribution is 6.31. The molecule has 0 saturated heterocycles. The largest absolute Gasteiger partial charge is 0.478 e. The molecular formula is C13H12ClNO3. The summed E-state index contributed by atoms with van der Waals surface area (Å²) >= 11 is 5.99. The fourth-order valence-electron chi connectivity index (χ4n) is 1.60. The minimum atomic E-state index is -0.989. The van der Waals surface area contributed by atoms with Crippen LogP contribution in [0.15, 0.2) is 34.9 Å². The quantitative estimate of drug-likeness (QED) is 0.887. The van der Waals surface area contributed by atoms with Gasteiger partial charge in [-0.1, -0.05) is 11.6 Å². The highest BCUT2D eigenvalue weighted by Crippen LogP contribution is 2.25. The summed E-state index contributed by atoms with van der Waals surface area (Å²) in [6.07, 6.45) is 1.57. The monoisotopic (exact) mass is 265 g/mol. The maximum Gasteiger partial charge on any atom is 0.337 e. The second-order valence-corrected chi connectivity index (χ2v) is 4.29. The lowest BCUT2D eigenvalue weighted by Gasteiger charge is -2.10. The van der Waals surface area contributed by atoms with Crippen LogP contribution in [-0.4, -0.2) is 11.1 Å². The number of carboxylic acid groups (broad SMARTS) is 1. The number of hydrogen-bond acceptors (Lipinski definition) is 3. The topological polar surface area (TPSA) is 62.5 Å². The summed E-state index contributed by atoms with van der Waals surface area (Å²) in [6.45, 7) is 2.18. The summed E-state index contributed by atoms with van der Waals surface area (Å²) < 4.78 is 5.17. The first kappa shape index (κ1) is 12.5. The third-order valence-corrected chi connectivity index (χ3v) is 2.97. The van der Waals surface area contributed by atoms with Gasteiger partial charge in [0.05, 0.1) is 24.1 Å². The molecule has 5 heteroatoms. The second kappa shape index (κ2) is 5.14. The minimum absolute atomic E-state index is 0.198. The second-order valence-electron chi connectivity index (χ2n) is 3.89. The molecule has 1 heterocycles. The van der Waals surface area contributed by atoms with E-state index in [0.29, 0.717) is 17.3 Å². The molecule has 0 aliphatic carbocycles. The molecule has 0 amide bonds. The Kier molecular flexibility index (Phi) is 3.58. The number of furan rings is 1. The maximum absolute atomic E-state index is 11.1. The Morgan fingerprint density at radius 2 is 2.28 bits per heavy atom. The van der Waals surface area contributed by atoms with Gasteiger partial charge in [-0.25, -0.2) is 4.79 Å². The van der Waals surface area contributed by atoms with Crippen LogP contribution in [0.1, 0.15) is 21.7 Å². The molecule has 2 N–H and O–H groups in total. The number of benzene rings is 1. The molecular weight excluding hydrogens is 254 g/mol. The molecule has 0 aliphatic rings. The third-order valence-electron chi connectivity index (χ3n) is 2.56. The lowest BCUT2D eigenvalue weighted by molar-refractivity contribution is 0.0698. The number of anilines is 1. The van der Waals surface area contributed by atoms with Crippen molar-refractivity contribution in [3.8, 4) is 0 Å². The average Bonchev–Trinajstić information content (AvgIpc) is 2.83. The van der Waals surface area contributed by atoms with E-state index in [1.165, 1.54) is 0 Å². The maximum atomic E-state index is 11.1. The van der Waals surface area contributed by atoms with Crippen LogP contribution in [-0.2, 0) is 6.54 Å². The van der Waals surface area contributed by atoms with E-state index >= 15 is 0 Å². The number of rotatable bonds is 4. The molecule has 2 aromatic rings. The fourth-order valence-corrected chi connectivity index (χ4v) is 1.76. The smallest absolute Gasteiger partial charge is 0.337 e. The molecule has 0 atom stereocenters. The van der Waals surface area contributed by atoms with Crippen LogP contribution >= 0.6 is 11.6 Å². The number of aromatic carboxylic acids is 1. The molecule has 1 aromatic carbocycles. The van der Waals surface area contributed by atoms with Crippen LogP contribution in [0.4, 0.5) is 5.69 Å². The van der Waals surface area contributed by atoms with E-state index in [9.17, 15) is 4.79 Å². The molecule has 0 saturated carbocycles. The average molecular weight is 266 g/mol. The summed E-state index contributed by atoms with van der Waals surface area (Å²) in [5, 5.41) is 12.7. The van der Waals surface area contributed by atoms with Crippen LogP contribution in [0.25, 0.3) is 0 Å². The van der Waals surface area contributed by atoms with Gasteiger partial charge in [-0.15, -0.1) is 0 Å². The van der Waals surface area contributed by atoms with Crippen molar-refractivity contribution in [2.24, 2.45) is 0 Å². The van der Waals surface area contributed by atoms with E-state index in [1.807, 2.05) is 6.07 Å². The van der Waals surface area contributed by atoms with E-state index in [4.69, 9.17) is 21.1 Å². The number of aryl methyl sites for hydroxylation is 1. The van der Waals surface area contributed by atoms with E-state index < -0.39 is 5.97 Å². The molecule has 0 bridgehead atoms. The van der Waals surface area contributed by atoms with Crippen LogP contribution < -0.4 is 5.32 Å². The summed E-state index contributed by atoms with van der Waals surface area (Å²) in [5.41, 5.74) is 1.41. The molecule has 18 heavy (non-hydrogen) atoms. The van der Waals surface area contributed by atoms with Crippen molar-refractivity contribution < 1.29 is 14.3 Å². The van der Waals surface area contributed by atoms with Crippen molar-refractivity contribution in [2.75, 3.05) is 5.32 Å². The van der Waals surface area contributed by atoms with Crippen LogP contribution in [0.2, 0.25) is 5.02 Å². The molecule has 0 fully saturated rings. The van der Waals surface area contributed by atoms with Gasteiger partial charge in [0.25, 0.3) is 0 Å². The fraction of sp³-hybridized carbons (Fsp3) is 0.154. The van der Waals surface area contributed by atoms with Crippen molar-refractivity contribution in [1.29, 1.82) is 0 Å². The standard InChI is InChI=1S/C13H12ClNO3/c1-8-5-10(13(16)17)12(6-11(8)14)15-7-9-3-2-4-18-9/h2-6,15H,7H2,1H3,(H,16,17). The number of halogens is 1. The molecule has 0 unspecified atom stereocenters. The molecule has 0 spiro atoms. The zero-order valence-corrected chi connectivity index (χ0v) is 10.5. The minimum Gasteiger partial charge on any atom is -0.478 e. The van der Waals surface area contributed by atoms with Crippen LogP contribution in [0.3, 0.4) is 0 Å². The van der Waals surface area contributed by atoms with E-state index in [1.54, 1.807) is 31.4 Å². The predicted molar refractivity (Wildman–Crippen MR) is 69.2 cm³/mol. The van der Waals surface area contributed by atoms with Gasteiger partial charge in [0.1, 0.15) is 5.76 Å². The SMILES string of the molecule is Cc1cc(C(=O)O)c(NCc2ccco2)cc1Cl. The van der Waals surface area contributed by atoms with Crippen molar-refractivity contribution in [3.63, 3.8) is 0 Å². The van der Waals surface area contributed by atoms with Gasteiger partial charge < -0.3 is 14.8 Å². The number of hydrogen-bond donors (Lipinski definition) is 2. The van der Waals surface area contributed by atoms with Crippen molar-refractivity contribution in [2.45, 2.75) is 13.5 Å². The van der Waals surface area contributed by atoms with Crippen LogP contribution in [0, 0.1) is 6.92 Å². The third kappa shape index (κ3) is 2.65. The number of carbonyl (C=O) groups is 1.